The zero-order valence-electron chi connectivity index (χ0n) is 11.0. The lowest BCUT2D eigenvalue weighted by Gasteiger charge is -2.36. The fourth-order valence-electron chi connectivity index (χ4n) is 2.53. The Morgan fingerprint density at radius 3 is 2.70 bits per heavy atom. The number of carbonyl (C=O) groups is 2. The number of aromatic hydroxyl groups is 1. The smallest absolute Gasteiger partial charge is 0.306 e. The molecule has 0 bridgehead atoms. The zero-order valence-corrected chi connectivity index (χ0v) is 12.6. The number of phenolic OH excluding ortho intramolecular Hbond substituents is 1. The van der Waals surface area contributed by atoms with Gasteiger partial charge in [0.25, 0.3) is 5.91 Å². The van der Waals surface area contributed by atoms with Crippen LogP contribution < -0.4 is 0 Å². The Morgan fingerprint density at radius 1 is 1.40 bits per heavy atom. The van der Waals surface area contributed by atoms with Crippen molar-refractivity contribution in [2.45, 2.75) is 25.8 Å². The Bertz CT molecular complexity index is 546. The highest BCUT2D eigenvalue weighted by molar-refractivity contribution is 9.10. The molecule has 5 nitrogen and oxygen atoms in total. The van der Waals surface area contributed by atoms with Gasteiger partial charge in [0.2, 0.25) is 0 Å². The van der Waals surface area contributed by atoms with E-state index in [4.69, 9.17) is 5.11 Å². The lowest BCUT2D eigenvalue weighted by Crippen LogP contribution is -2.46. The topological polar surface area (TPSA) is 77.8 Å². The molecule has 0 aromatic heterocycles. The Balaban J connectivity index is 2.18. The number of piperidine rings is 1. The highest BCUT2D eigenvalue weighted by Crippen LogP contribution is 2.28. The Labute approximate surface area is 125 Å². The molecule has 6 heteroatoms. The third kappa shape index (κ3) is 2.95. The number of benzene rings is 1. The minimum atomic E-state index is -0.811. The summed E-state index contributed by atoms with van der Waals surface area (Å²) in [7, 11) is 0. The summed E-state index contributed by atoms with van der Waals surface area (Å²) in [4.78, 5) is 25.1. The first kappa shape index (κ1) is 14.8. The number of likely N-dealkylation sites (tertiary alicyclic amines) is 1. The van der Waals surface area contributed by atoms with Crippen molar-refractivity contribution in [1.29, 1.82) is 0 Å². The van der Waals surface area contributed by atoms with E-state index < -0.39 is 11.9 Å². The summed E-state index contributed by atoms with van der Waals surface area (Å²) in [5, 5.41) is 18.8. The Hall–Kier alpha value is -1.56. The highest BCUT2D eigenvalue weighted by Gasteiger charge is 2.33. The fraction of sp³-hybridized carbons (Fsp3) is 0.429. The molecule has 1 aromatic rings. The maximum atomic E-state index is 12.5. The summed E-state index contributed by atoms with van der Waals surface area (Å²) in [5.41, 5.74) is 0.236. The van der Waals surface area contributed by atoms with Crippen LogP contribution >= 0.6 is 15.9 Å². The van der Waals surface area contributed by atoms with Gasteiger partial charge < -0.3 is 15.1 Å². The SMILES string of the molecule is CC1CC(C(=O)O)CCN1C(=O)c1cc(Br)ccc1O. The standard InChI is InChI=1S/C14H16BrNO4/c1-8-6-9(14(19)20)4-5-16(8)13(18)11-7-10(15)2-3-12(11)17/h2-3,7-9,17H,4-6H2,1H3,(H,19,20). The Morgan fingerprint density at radius 2 is 2.10 bits per heavy atom. The second kappa shape index (κ2) is 5.83. The van der Waals surface area contributed by atoms with E-state index in [2.05, 4.69) is 15.9 Å². The minimum Gasteiger partial charge on any atom is -0.507 e. The molecule has 108 valence electrons. The number of rotatable bonds is 2. The van der Waals surface area contributed by atoms with Gasteiger partial charge in [-0.1, -0.05) is 15.9 Å². The van der Waals surface area contributed by atoms with Crippen LogP contribution in [-0.2, 0) is 4.79 Å². The van der Waals surface area contributed by atoms with Gasteiger partial charge in [-0.2, -0.15) is 0 Å². The maximum absolute atomic E-state index is 12.5. The van der Waals surface area contributed by atoms with Crippen LogP contribution in [0.4, 0.5) is 0 Å². The van der Waals surface area contributed by atoms with Gasteiger partial charge in [0, 0.05) is 17.1 Å². The van der Waals surface area contributed by atoms with E-state index in [1.54, 1.807) is 17.0 Å². The molecule has 2 atom stereocenters. The van der Waals surface area contributed by atoms with Gasteiger partial charge in [0.05, 0.1) is 11.5 Å². The molecule has 1 amide bonds. The molecule has 2 N–H and O–H groups in total. The van der Waals surface area contributed by atoms with E-state index in [-0.39, 0.29) is 23.3 Å². The summed E-state index contributed by atoms with van der Waals surface area (Å²) in [5.74, 6) is -1.54. The van der Waals surface area contributed by atoms with Crippen LogP contribution in [0.3, 0.4) is 0 Å². The van der Waals surface area contributed by atoms with Crippen LogP contribution in [0, 0.1) is 5.92 Å². The largest absolute Gasteiger partial charge is 0.507 e. The van der Waals surface area contributed by atoms with Gasteiger partial charge in [-0.3, -0.25) is 9.59 Å². The van der Waals surface area contributed by atoms with Gasteiger partial charge in [-0.25, -0.2) is 0 Å². The van der Waals surface area contributed by atoms with Gasteiger partial charge >= 0.3 is 5.97 Å². The van der Waals surface area contributed by atoms with Crippen molar-refractivity contribution in [1.82, 2.24) is 4.90 Å². The molecule has 0 radical (unpaired) electrons. The molecule has 1 saturated heterocycles. The lowest BCUT2D eigenvalue weighted by molar-refractivity contribution is -0.143. The van der Waals surface area contributed by atoms with Crippen LogP contribution in [0.5, 0.6) is 5.75 Å². The lowest BCUT2D eigenvalue weighted by atomic mass is 9.91. The normalized spacial score (nSPS) is 22.6. The average molecular weight is 342 g/mol. The number of hydrogen-bond donors (Lipinski definition) is 2. The predicted molar refractivity (Wildman–Crippen MR) is 76.7 cm³/mol. The van der Waals surface area contributed by atoms with Gasteiger partial charge in [-0.05, 0) is 38.0 Å². The molecule has 1 heterocycles. The van der Waals surface area contributed by atoms with Gasteiger partial charge in [-0.15, -0.1) is 0 Å². The third-order valence-electron chi connectivity index (χ3n) is 3.68. The van der Waals surface area contributed by atoms with Crippen molar-refractivity contribution in [3.05, 3.63) is 28.2 Å². The zero-order chi connectivity index (χ0) is 14.9. The van der Waals surface area contributed by atoms with E-state index in [0.717, 1.165) is 0 Å². The van der Waals surface area contributed by atoms with Crippen molar-refractivity contribution in [3.8, 4) is 5.75 Å². The van der Waals surface area contributed by atoms with Gasteiger partial charge in [0.15, 0.2) is 0 Å². The first-order chi connectivity index (χ1) is 9.40. The van der Waals surface area contributed by atoms with Crippen molar-refractivity contribution < 1.29 is 19.8 Å². The van der Waals surface area contributed by atoms with E-state index in [0.29, 0.717) is 23.9 Å². The molecule has 0 spiro atoms. The monoisotopic (exact) mass is 341 g/mol. The second-order valence-electron chi connectivity index (χ2n) is 5.07. The summed E-state index contributed by atoms with van der Waals surface area (Å²) in [6, 6.07) is 4.54. The first-order valence-electron chi connectivity index (χ1n) is 6.42. The molecule has 0 aliphatic carbocycles. The number of phenols is 1. The number of carboxylic acid groups (broad SMARTS) is 1. The number of amides is 1. The quantitative estimate of drug-likeness (QED) is 0.866. The fourth-order valence-corrected chi connectivity index (χ4v) is 2.89. The number of aliphatic carboxylic acids is 1. The van der Waals surface area contributed by atoms with E-state index in [9.17, 15) is 14.7 Å². The highest BCUT2D eigenvalue weighted by atomic mass is 79.9. The van der Waals surface area contributed by atoms with Crippen LogP contribution in [0.1, 0.15) is 30.1 Å². The number of carbonyl (C=O) groups excluding carboxylic acids is 1. The van der Waals surface area contributed by atoms with Gasteiger partial charge in [0.1, 0.15) is 5.75 Å². The van der Waals surface area contributed by atoms with Crippen LogP contribution in [0.15, 0.2) is 22.7 Å². The number of halogens is 1. The third-order valence-corrected chi connectivity index (χ3v) is 4.17. The van der Waals surface area contributed by atoms with E-state index in [1.165, 1.54) is 6.07 Å². The molecule has 1 fully saturated rings. The molecule has 2 unspecified atom stereocenters. The molecule has 2 rings (SSSR count). The van der Waals surface area contributed by atoms with Crippen molar-refractivity contribution in [2.24, 2.45) is 5.92 Å². The van der Waals surface area contributed by atoms with Crippen molar-refractivity contribution >= 4 is 27.8 Å². The average Bonchev–Trinajstić information content (AvgIpc) is 2.40. The molecular weight excluding hydrogens is 326 g/mol. The number of carboxylic acids is 1. The summed E-state index contributed by atoms with van der Waals surface area (Å²) in [6.45, 7) is 2.23. The number of nitrogens with zero attached hydrogens (tertiary/aromatic N) is 1. The maximum Gasteiger partial charge on any atom is 0.306 e. The summed E-state index contributed by atoms with van der Waals surface area (Å²) in [6.07, 6.45) is 0.885. The van der Waals surface area contributed by atoms with E-state index >= 15 is 0 Å². The van der Waals surface area contributed by atoms with Crippen LogP contribution in [0.25, 0.3) is 0 Å². The second-order valence-corrected chi connectivity index (χ2v) is 5.98. The first-order valence-corrected chi connectivity index (χ1v) is 7.21. The van der Waals surface area contributed by atoms with Crippen LogP contribution in [0.2, 0.25) is 0 Å². The molecular formula is C14H16BrNO4. The van der Waals surface area contributed by atoms with Crippen molar-refractivity contribution in [2.75, 3.05) is 6.54 Å². The molecule has 1 aliphatic heterocycles. The molecule has 1 aromatic carbocycles. The van der Waals surface area contributed by atoms with Crippen molar-refractivity contribution in [3.63, 3.8) is 0 Å². The minimum absolute atomic E-state index is 0.0641. The Kier molecular flexibility index (Phi) is 4.32. The molecule has 1 aliphatic rings. The molecule has 20 heavy (non-hydrogen) atoms. The summed E-state index contributed by atoms with van der Waals surface area (Å²) < 4.78 is 0.715. The molecule has 0 saturated carbocycles. The summed E-state index contributed by atoms with van der Waals surface area (Å²) >= 11 is 3.27. The predicted octanol–water partition coefficient (Wildman–Crippen LogP) is 2.48. The number of hydrogen-bond acceptors (Lipinski definition) is 3. The van der Waals surface area contributed by atoms with Crippen LogP contribution in [-0.4, -0.2) is 39.6 Å². The van der Waals surface area contributed by atoms with E-state index in [1.807, 2.05) is 6.92 Å².